The van der Waals surface area contributed by atoms with Gasteiger partial charge in [-0.05, 0) is 47.7 Å². The molecule has 1 heterocycles. The van der Waals surface area contributed by atoms with E-state index in [0.29, 0.717) is 18.0 Å². The average molecular weight is 332 g/mol. The summed E-state index contributed by atoms with van der Waals surface area (Å²) in [5, 5.41) is 11.4. The zero-order chi connectivity index (χ0) is 14.6. The molecule has 1 aromatic heterocycles. The summed E-state index contributed by atoms with van der Waals surface area (Å²) in [6.45, 7) is 0.327. The predicted octanol–water partition coefficient (Wildman–Crippen LogP) is 2.41. The highest BCUT2D eigenvalue weighted by Gasteiger charge is 2.13. The van der Waals surface area contributed by atoms with Gasteiger partial charge in [-0.1, -0.05) is 11.6 Å². The lowest BCUT2D eigenvalue weighted by molar-refractivity contribution is 0.285. The summed E-state index contributed by atoms with van der Waals surface area (Å²) in [5.74, 6) is 0. The molecule has 0 aliphatic carbocycles. The lowest BCUT2D eigenvalue weighted by Gasteiger charge is -2.06. The van der Waals surface area contributed by atoms with Crippen molar-refractivity contribution in [2.24, 2.45) is 0 Å². The van der Waals surface area contributed by atoms with Crippen LogP contribution < -0.4 is 4.72 Å². The second-order valence-corrected chi connectivity index (χ2v) is 7.38. The number of thiophene rings is 1. The van der Waals surface area contributed by atoms with Crippen LogP contribution in [0.2, 0.25) is 5.02 Å². The number of nitrogens with one attached hydrogen (secondary N) is 1. The smallest absolute Gasteiger partial charge is 0.240 e. The van der Waals surface area contributed by atoms with E-state index in [9.17, 15) is 8.42 Å². The monoisotopic (exact) mass is 331 g/mol. The fourth-order valence-corrected chi connectivity index (χ4v) is 3.61. The van der Waals surface area contributed by atoms with Crippen molar-refractivity contribution in [2.45, 2.75) is 17.9 Å². The van der Waals surface area contributed by atoms with Crippen LogP contribution in [0.5, 0.6) is 0 Å². The molecule has 1 aromatic carbocycles. The van der Waals surface area contributed by atoms with Crippen LogP contribution in [-0.2, 0) is 23.1 Å². The minimum Gasteiger partial charge on any atom is -0.391 e. The summed E-state index contributed by atoms with van der Waals surface area (Å²) in [6, 6.07) is 7.91. The lowest BCUT2D eigenvalue weighted by Crippen LogP contribution is -2.25. The standard InChI is InChI=1S/C13H14ClNO3S2/c14-11-1-3-13(4-2-11)20(17,18)15-6-5-10-7-12(8-16)19-9-10/h1-4,7,9,15-16H,5-6,8H2. The SMILES string of the molecule is O=S(=O)(NCCc1csc(CO)c1)c1ccc(Cl)cc1. The molecule has 0 atom stereocenters. The number of sulfonamides is 1. The van der Waals surface area contributed by atoms with Crippen LogP contribution in [0.15, 0.2) is 40.6 Å². The van der Waals surface area contributed by atoms with Gasteiger partial charge in [0.25, 0.3) is 0 Å². The van der Waals surface area contributed by atoms with Gasteiger partial charge in [0.05, 0.1) is 11.5 Å². The zero-order valence-corrected chi connectivity index (χ0v) is 12.9. The first kappa shape index (κ1) is 15.5. The molecule has 0 unspecified atom stereocenters. The van der Waals surface area contributed by atoms with E-state index in [1.807, 2.05) is 11.4 Å². The first-order valence-electron chi connectivity index (χ1n) is 5.93. The van der Waals surface area contributed by atoms with Gasteiger partial charge in [-0.25, -0.2) is 13.1 Å². The van der Waals surface area contributed by atoms with Crippen molar-refractivity contribution in [1.29, 1.82) is 0 Å². The molecule has 0 amide bonds. The van der Waals surface area contributed by atoms with E-state index in [-0.39, 0.29) is 11.5 Å². The van der Waals surface area contributed by atoms with Gasteiger partial charge < -0.3 is 5.11 Å². The molecule has 0 bridgehead atoms. The Hall–Kier alpha value is -0.920. The van der Waals surface area contributed by atoms with Crippen LogP contribution in [-0.4, -0.2) is 20.1 Å². The van der Waals surface area contributed by atoms with Gasteiger partial charge in [0, 0.05) is 16.4 Å². The lowest BCUT2D eigenvalue weighted by atomic mass is 10.2. The maximum Gasteiger partial charge on any atom is 0.240 e. The highest BCUT2D eigenvalue weighted by atomic mass is 35.5. The fourth-order valence-electron chi connectivity index (χ4n) is 1.67. The van der Waals surface area contributed by atoms with Crippen molar-refractivity contribution < 1.29 is 13.5 Å². The molecular weight excluding hydrogens is 318 g/mol. The summed E-state index contributed by atoms with van der Waals surface area (Å²) in [6.07, 6.45) is 0.587. The molecule has 0 aliphatic heterocycles. The van der Waals surface area contributed by atoms with E-state index in [1.54, 1.807) is 12.1 Å². The first-order valence-corrected chi connectivity index (χ1v) is 8.68. The van der Waals surface area contributed by atoms with Gasteiger partial charge in [0.1, 0.15) is 0 Å². The Morgan fingerprint density at radius 2 is 1.95 bits per heavy atom. The Balaban J connectivity index is 1.94. The van der Waals surface area contributed by atoms with Crippen LogP contribution in [0, 0.1) is 0 Å². The third kappa shape index (κ3) is 4.04. The molecule has 108 valence electrons. The van der Waals surface area contributed by atoms with Crippen molar-refractivity contribution in [3.8, 4) is 0 Å². The molecule has 0 spiro atoms. The highest BCUT2D eigenvalue weighted by Crippen LogP contribution is 2.16. The second kappa shape index (κ2) is 6.69. The van der Waals surface area contributed by atoms with Gasteiger partial charge in [0.2, 0.25) is 10.0 Å². The van der Waals surface area contributed by atoms with E-state index in [4.69, 9.17) is 16.7 Å². The van der Waals surface area contributed by atoms with Gasteiger partial charge in [-0.2, -0.15) is 0 Å². The number of halogens is 1. The van der Waals surface area contributed by atoms with E-state index >= 15 is 0 Å². The summed E-state index contributed by atoms with van der Waals surface area (Å²) >= 11 is 7.19. The Kier molecular flexibility index (Phi) is 5.17. The molecular formula is C13H14ClNO3S2. The van der Waals surface area contributed by atoms with Crippen LogP contribution in [0.1, 0.15) is 10.4 Å². The van der Waals surface area contributed by atoms with Crippen LogP contribution in [0.3, 0.4) is 0 Å². The van der Waals surface area contributed by atoms with Gasteiger partial charge in [-0.15, -0.1) is 11.3 Å². The zero-order valence-electron chi connectivity index (χ0n) is 10.5. The third-order valence-corrected chi connectivity index (χ3v) is 5.39. The van der Waals surface area contributed by atoms with Crippen LogP contribution in [0.4, 0.5) is 0 Å². The summed E-state index contributed by atoms with van der Waals surface area (Å²) in [4.78, 5) is 1.07. The highest BCUT2D eigenvalue weighted by molar-refractivity contribution is 7.89. The van der Waals surface area contributed by atoms with Crippen molar-refractivity contribution in [3.05, 3.63) is 51.2 Å². The van der Waals surface area contributed by atoms with E-state index < -0.39 is 10.0 Å². The second-order valence-electron chi connectivity index (χ2n) is 4.18. The average Bonchev–Trinajstić information content (AvgIpc) is 2.87. The number of hydrogen-bond acceptors (Lipinski definition) is 4. The molecule has 7 heteroatoms. The molecule has 20 heavy (non-hydrogen) atoms. The van der Waals surface area contributed by atoms with Crippen molar-refractivity contribution >= 4 is 33.0 Å². The molecule has 0 aliphatic rings. The van der Waals surface area contributed by atoms with Crippen molar-refractivity contribution in [3.63, 3.8) is 0 Å². The maximum absolute atomic E-state index is 12.0. The van der Waals surface area contributed by atoms with E-state index in [2.05, 4.69) is 4.72 Å². The number of rotatable bonds is 6. The molecule has 0 saturated carbocycles. The van der Waals surface area contributed by atoms with Crippen LogP contribution in [0.25, 0.3) is 0 Å². The molecule has 0 fully saturated rings. The molecule has 0 radical (unpaired) electrons. The molecule has 4 nitrogen and oxygen atoms in total. The predicted molar refractivity (Wildman–Crippen MR) is 80.6 cm³/mol. The normalized spacial score (nSPS) is 11.7. The molecule has 2 rings (SSSR count). The Morgan fingerprint density at radius 3 is 2.55 bits per heavy atom. The molecule has 0 saturated heterocycles. The van der Waals surface area contributed by atoms with Crippen molar-refractivity contribution in [2.75, 3.05) is 6.54 Å². The first-order chi connectivity index (χ1) is 9.51. The van der Waals surface area contributed by atoms with E-state index in [0.717, 1.165) is 10.4 Å². The maximum atomic E-state index is 12.0. The summed E-state index contributed by atoms with van der Waals surface area (Å²) in [5.41, 5.74) is 1.01. The number of benzene rings is 1. The number of aliphatic hydroxyl groups is 1. The largest absolute Gasteiger partial charge is 0.391 e. The van der Waals surface area contributed by atoms with Gasteiger partial charge >= 0.3 is 0 Å². The quantitative estimate of drug-likeness (QED) is 0.854. The number of aliphatic hydroxyl groups excluding tert-OH is 1. The topological polar surface area (TPSA) is 66.4 Å². The van der Waals surface area contributed by atoms with Crippen LogP contribution >= 0.6 is 22.9 Å². The fraction of sp³-hybridized carbons (Fsp3) is 0.231. The Labute approximate surface area is 127 Å². The van der Waals surface area contributed by atoms with Gasteiger partial charge in [0.15, 0.2) is 0 Å². The summed E-state index contributed by atoms with van der Waals surface area (Å²) in [7, 11) is -3.50. The van der Waals surface area contributed by atoms with Gasteiger partial charge in [-0.3, -0.25) is 0 Å². The molecule has 2 aromatic rings. The molecule has 2 N–H and O–H groups in total. The minimum atomic E-state index is -3.50. The van der Waals surface area contributed by atoms with Crippen molar-refractivity contribution in [1.82, 2.24) is 4.72 Å². The Bertz CT molecular complexity index is 665. The third-order valence-electron chi connectivity index (χ3n) is 2.69. The summed E-state index contributed by atoms with van der Waals surface area (Å²) < 4.78 is 26.5. The van der Waals surface area contributed by atoms with E-state index in [1.165, 1.54) is 23.5 Å². The Morgan fingerprint density at radius 1 is 1.25 bits per heavy atom. The minimum absolute atomic E-state index is 0.0150. The number of hydrogen-bond donors (Lipinski definition) is 2.